The number of aliphatic hydroxyl groups is 1. The largest absolute Gasteiger partial charge is 0.479 e. The van der Waals surface area contributed by atoms with E-state index in [1.807, 2.05) is 6.92 Å². The molecule has 0 bridgehead atoms. The van der Waals surface area contributed by atoms with Gasteiger partial charge in [0.2, 0.25) is 0 Å². The second kappa shape index (κ2) is 3.03. The summed E-state index contributed by atoms with van der Waals surface area (Å²) in [7, 11) is 0. The van der Waals surface area contributed by atoms with E-state index in [1.165, 1.54) is 11.3 Å². The molecule has 14 heavy (non-hydrogen) atoms. The van der Waals surface area contributed by atoms with E-state index in [0.29, 0.717) is 0 Å². The molecular formula is C9H11NO3S. The van der Waals surface area contributed by atoms with Gasteiger partial charge in [0.25, 0.3) is 0 Å². The van der Waals surface area contributed by atoms with Crippen LogP contribution < -0.4 is 0 Å². The van der Waals surface area contributed by atoms with Crippen molar-refractivity contribution in [1.82, 2.24) is 4.98 Å². The molecule has 1 heterocycles. The summed E-state index contributed by atoms with van der Waals surface area (Å²) in [6.45, 7) is 1.85. The molecule has 0 saturated heterocycles. The number of aryl methyl sites for hydroxylation is 1. The van der Waals surface area contributed by atoms with Crippen molar-refractivity contribution in [3.63, 3.8) is 0 Å². The van der Waals surface area contributed by atoms with Gasteiger partial charge in [-0.3, -0.25) is 0 Å². The summed E-state index contributed by atoms with van der Waals surface area (Å²) in [4.78, 5) is 15.7. The van der Waals surface area contributed by atoms with Gasteiger partial charge in [0.05, 0.1) is 11.2 Å². The van der Waals surface area contributed by atoms with Crippen LogP contribution in [0.3, 0.4) is 0 Å². The van der Waals surface area contributed by atoms with Crippen LogP contribution in [0.2, 0.25) is 0 Å². The topological polar surface area (TPSA) is 70.4 Å². The van der Waals surface area contributed by atoms with Crippen molar-refractivity contribution in [3.05, 3.63) is 16.1 Å². The van der Waals surface area contributed by atoms with Crippen LogP contribution in [-0.4, -0.2) is 27.3 Å². The van der Waals surface area contributed by atoms with Gasteiger partial charge in [-0.15, -0.1) is 11.3 Å². The Morgan fingerprint density at radius 3 is 2.71 bits per heavy atom. The van der Waals surface area contributed by atoms with Crippen LogP contribution in [0.4, 0.5) is 0 Å². The van der Waals surface area contributed by atoms with Crippen molar-refractivity contribution in [2.24, 2.45) is 0 Å². The molecule has 1 aromatic rings. The highest BCUT2D eigenvalue weighted by atomic mass is 32.1. The fourth-order valence-electron chi connectivity index (χ4n) is 1.78. The molecular weight excluding hydrogens is 202 g/mol. The monoisotopic (exact) mass is 213 g/mol. The molecule has 2 rings (SSSR count). The second-order valence-electron chi connectivity index (χ2n) is 3.66. The number of carboxylic acids is 1. The van der Waals surface area contributed by atoms with Crippen LogP contribution in [0.1, 0.15) is 23.4 Å². The predicted octanol–water partition coefficient (Wildman–Crippen LogP) is 0.929. The van der Waals surface area contributed by atoms with Crippen LogP contribution in [0.25, 0.3) is 0 Å². The molecule has 0 amide bonds. The first kappa shape index (κ1) is 9.61. The number of carbonyl (C=O) groups is 1. The number of hydrogen-bond acceptors (Lipinski definition) is 4. The minimum Gasteiger partial charge on any atom is -0.479 e. The van der Waals surface area contributed by atoms with Gasteiger partial charge in [0.15, 0.2) is 6.10 Å². The van der Waals surface area contributed by atoms with Crippen molar-refractivity contribution in [2.45, 2.75) is 31.3 Å². The number of aromatic nitrogens is 1. The van der Waals surface area contributed by atoms with Gasteiger partial charge in [0, 0.05) is 10.3 Å². The van der Waals surface area contributed by atoms with Crippen molar-refractivity contribution in [1.29, 1.82) is 0 Å². The lowest BCUT2D eigenvalue weighted by atomic mass is 9.96. The maximum atomic E-state index is 10.7. The highest BCUT2D eigenvalue weighted by Crippen LogP contribution is 2.53. The second-order valence-corrected chi connectivity index (χ2v) is 4.52. The maximum Gasteiger partial charge on any atom is 0.333 e. The molecule has 0 spiro atoms. The van der Waals surface area contributed by atoms with E-state index in [4.69, 9.17) is 5.11 Å². The predicted molar refractivity (Wildman–Crippen MR) is 51.4 cm³/mol. The SMILES string of the molecule is Cc1ncsc1C1(C(O)C(=O)O)CC1. The number of carboxylic acid groups (broad SMARTS) is 1. The summed E-state index contributed by atoms with van der Waals surface area (Å²) in [5.74, 6) is -1.14. The molecule has 4 nitrogen and oxygen atoms in total. The zero-order valence-corrected chi connectivity index (χ0v) is 8.54. The van der Waals surface area contributed by atoms with Gasteiger partial charge >= 0.3 is 5.97 Å². The van der Waals surface area contributed by atoms with E-state index in [9.17, 15) is 9.90 Å². The van der Waals surface area contributed by atoms with Gasteiger partial charge in [-0.25, -0.2) is 9.78 Å². The molecule has 0 aliphatic heterocycles. The smallest absolute Gasteiger partial charge is 0.333 e. The standard InChI is InChI=1S/C9H11NO3S/c1-5-7(14-4-10-5)9(2-3-9)6(11)8(12)13/h4,6,11H,2-3H2,1H3,(H,12,13). The minimum atomic E-state index is -1.29. The lowest BCUT2D eigenvalue weighted by Crippen LogP contribution is -2.33. The zero-order valence-electron chi connectivity index (χ0n) is 7.73. The van der Waals surface area contributed by atoms with Gasteiger partial charge in [-0.05, 0) is 19.8 Å². The van der Waals surface area contributed by atoms with Gasteiger partial charge in [0.1, 0.15) is 0 Å². The van der Waals surface area contributed by atoms with Crippen molar-refractivity contribution in [3.8, 4) is 0 Å². The number of aliphatic carboxylic acids is 1. The van der Waals surface area contributed by atoms with Crippen molar-refractivity contribution >= 4 is 17.3 Å². The third kappa shape index (κ3) is 1.24. The molecule has 0 aromatic carbocycles. The fourth-order valence-corrected chi connectivity index (χ4v) is 2.87. The van der Waals surface area contributed by atoms with Crippen molar-refractivity contribution < 1.29 is 15.0 Å². The van der Waals surface area contributed by atoms with E-state index in [0.717, 1.165) is 23.4 Å². The Labute approximate surface area is 85.2 Å². The first-order valence-corrected chi connectivity index (χ1v) is 5.27. The minimum absolute atomic E-state index is 0.545. The Kier molecular flexibility index (Phi) is 2.08. The molecule has 1 aliphatic rings. The summed E-state index contributed by atoms with van der Waals surface area (Å²) in [5, 5.41) is 18.4. The van der Waals surface area contributed by atoms with E-state index in [1.54, 1.807) is 5.51 Å². The molecule has 1 aliphatic carbocycles. The Morgan fingerprint density at radius 2 is 2.36 bits per heavy atom. The maximum absolute atomic E-state index is 10.7. The molecule has 1 aromatic heterocycles. The van der Waals surface area contributed by atoms with Crippen molar-refractivity contribution in [2.75, 3.05) is 0 Å². The number of aliphatic hydroxyl groups excluding tert-OH is 1. The first-order valence-electron chi connectivity index (χ1n) is 4.39. The Hall–Kier alpha value is -0.940. The zero-order chi connectivity index (χ0) is 10.3. The van der Waals surface area contributed by atoms with Crippen LogP contribution in [0, 0.1) is 6.92 Å². The summed E-state index contributed by atoms with van der Waals surface area (Å²) in [6, 6.07) is 0. The van der Waals surface area contributed by atoms with Crippen LogP contribution in [-0.2, 0) is 10.2 Å². The van der Waals surface area contributed by atoms with E-state index in [2.05, 4.69) is 4.98 Å². The van der Waals surface area contributed by atoms with Gasteiger partial charge < -0.3 is 10.2 Å². The number of nitrogens with zero attached hydrogens (tertiary/aromatic N) is 1. The third-order valence-corrected chi connectivity index (χ3v) is 3.89. The average molecular weight is 213 g/mol. The molecule has 1 saturated carbocycles. The molecule has 76 valence electrons. The quantitative estimate of drug-likeness (QED) is 0.783. The normalized spacial score (nSPS) is 20.4. The average Bonchev–Trinajstić information content (AvgIpc) is 2.83. The summed E-state index contributed by atoms with van der Waals surface area (Å²) >= 11 is 1.43. The summed E-state index contributed by atoms with van der Waals surface area (Å²) < 4.78 is 0. The van der Waals surface area contributed by atoms with Crippen LogP contribution in [0.5, 0.6) is 0 Å². The number of thiazole rings is 1. The van der Waals surface area contributed by atoms with Crippen LogP contribution in [0.15, 0.2) is 5.51 Å². The fraction of sp³-hybridized carbons (Fsp3) is 0.556. The van der Waals surface area contributed by atoms with Gasteiger partial charge in [-0.1, -0.05) is 0 Å². The lowest BCUT2D eigenvalue weighted by molar-refractivity contribution is -0.148. The lowest BCUT2D eigenvalue weighted by Gasteiger charge is -2.17. The summed E-state index contributed by atoms with van der Waals surface area (Å²) in [5.41, 5.74) is 1.99. The Morgan fingerprint density at radius 1 is 1.71 bits per heavy atom. The van der Waals surface area contributed by atoms with Gasteiger partial charge in [-0.2, -0.15) is 0 Å². The third-order valence-electron chi connectivity index (χ3n) is 2.74. The molecule has 0 radical (unpaired) electrons. The molecule has 1 unspecified atom stereocenters. The molecule has 1 fully saturated rings. The van der Waals surface area contributed by atoms with Crippen LogP contribution >= 0.6 is 11.3 Å². The molecule has 2 N–H and O–H groups in total. The first-order chi connectivity index (χ1) is 6.58. The number of hydrogen-bond donors (Lipinski definition) is 2. The number of rotatable bonds is 3. The van der Waals surface area contributed by atoms with E-state index in [-0.39, 0.29) is 0 Å². The molecule has 5 heteroatoms. The Bertz CT molecular complexity index is 370. The summed E-state index contributed by atoms with van der Waals surface area (Å²) in [6.07, 6.45) is 0.189. The Balaban J connectivity index is 2.34. The van der Waals surface area contributed by atoms with E-state index < -0.39 is 17.5 Å². The van der Waals surface area contributed by atoms with E-state index >= 15 is 0 Å². The highest BCUT2D eigenvalue weighted by Gasteiger charge is 2.55. The molecule has 1 atom stereocenters. The highest BCUT2D eigenvalue weighted by molar-refractivity contribution is 7.10.